The summed E-state index contributed by atoms with van der Waals surface area (Å²) in [5.41, 5.74) is -0.149. The number of methoxy groups -OCH3 is 2. The number of benzene rings is 1. The Balaban J connectivity index is 2.27. The number of aromatic nitrogens is 4. The monoisotopic (exact) mass is 288 g/mol. The van der Waals surface area contributed by atoms with Crippen LogP contribution in [0.1, 0.15) is 0 Å². The van der Waals surface area contributed by atoms with Gasteiger partial charge in [-0.2, -0.15) is 0 Å². The average molecular weight is 288 g/mol. The molecule has 0 bridgehead atoms. The molecule has 3 rings (SSSR count). The summed E-state index contributed by atoms with van der Waals surface area (Å²) >= 11 is 0. The highest BCUT2D eigenvalue weighted by atomic mass is 16.5. The Labute approximate surface area is 117 Å². The zero-order valence-corrected chi connectivity index (χ0v) is 11.3. The summed E-state index contributed by atoms with van der Waals surface area (Å²) in [5.74, 6) is 1.58. The van der Waals surface area contributed by atoms with Crippen molar-refractivity contribution in [1.82, 2.24) is 19.9 Å². The number of ether oxygens (including phenoxy) is 2. The van der Waals surface area contributed by atoms with Crippen LogP contribution in [0.25, 0.3) is 22.6 Å². The van der Waals surface area contributed by atoms with E-state index >= 15 is 0 Å². The van der Waals surface area contributed by atoms with E-state index in [-0.39, 0.29) is 11.2 Å². The molecule has 0 radical (unpaired) electrons. The standard InChI is InChI=1S/C13H12N4O4/c1-20-6-3-4-8(21-2)7(5-6)10-14-9-11(15-10)16-13(19)17-12(9)18/h3-5H,1-2H3,(H3,14,15,16,17,18,19). The van der Waals surface area contributed by atoms with E-state index in [4.69, 9.17) is 9.47 Å². The first-order valence-electron chi connectivity index (χ1n) is 6.07. The van der Waals surface area contributed by atoms with E-state index < -0.39 is 11.2 Å². The molecule has 0 saturated carbocycles. The van der Waals surface area contributed by atoms with Gasteiger partial charge in [0.05, 0.1) is 19.8 Å². The Morgan fingerprint density at radius 3 is 2.57 bits per heavy atom. The van der Waals surface area contributed by atoms with Crippen molar-refractivity contribution in [3.8, 4) is 22.9 Å². The number of nitrogens with one attached hydrogen (secondary N) is 3. The van der Waals surface area contributed by atoms with Crippen molar-refractivity contribution in [3.05, 3.63) is 39.0 Å². The summed E-state index contributed by atoms with van der Waals surface area (Å²) in [4.78, 5) is 34.7. The Kier molecular flexibility index (Phi) is 2.98. The lowest BCUT2D eigenvalue weighted by Crippen LogP contribution is -2.21. The van der Waals surface area contributed by atoms with Crippen molar-refractivity contribution in [2.45, 2.75) is 0 Å². The Hall–Kier alpha value is -3.03. The lowest BCUT2D eigenvalue weighted by Gasteiger charge is -2.08. The number of hydrogen-bond acceptors (Lipinski definition) is 5. The van der Waals surface area contributed by atoms with Gasteiger partial charge < -0.3 is 14.5 Å². The largest absolute Gasteiger partial charge is 0.497 e. The number of aromatic amines is 3. The number of rotatable bonds is 3. The third-order valence-electron chi connectivity index (χ3n) is 3.05. The zero-order valence-electron chi connectivity index (χ0n) is 11.3. The predicted octanol–water partition coefficient (Wildman–Crippen LogP) is 0.624. The number of nitrogens with zero attached hydrogens (tertiary/aromatic N) is 1. The van der Waals surface area contributed by atoms with E-state index in [1.54, 1.807) is 25.3 Å². The van der Waals surface area contributed by atoms with Crippen molar-refractivity contribution in [1.29, 1.82) is 0 Å². The van der Waals surface area contributed by atoms with E-state index in [2.05, 4.69) is 19.9 Å². The van der Waals surface area contributed by atoms with Crippen LogP contribution in [0.2, 0.25) is 0 Å². The molecule has 0 amide bonds. The second-order valence-corrected chi connectivity index (χ2v) is 4.28. The van der Waals surface area contributed by atoms with Gasteiger partial charge in [-0.1, -0.05) is 0 Å². The third-order valence-corrected chi connectivity index (χ3v) is 3.05. The number of H-pyrrole nitrogens is 3. The molecular formula is C13H12N4O4. The summed E-state index contributed by atoms with van der Waals surface area (Å²) in [6, 6.07) is 5.21. The highest BCUT2D eigenvalue weighted by molar-refractivity contribution is 5.77. The topological polar surface area (TPSA) is 113 Å². The summed E-state index contributed by atoms with van der Waals surface area (Å²) in [6.07, 6.45) is 0. The molecule has 21 heavy (non-hydrogen) atoms. The van der Waals surface area contributed by atoms with Crippen LogP contribution in [0.3, 0.4) is 0 Å². The molecule has 3 N–H and O–H groups in total. The van der Waals surface area contributed by atoms with Crippen LogP contribution in [-0.2, 0) is 0 Å². The van der Waals surface area contributed by atoms with Crippen LogP contribution in [0, 0.1) is 0 Å². The van der Waals surface area contributed by atoms with Crippen LogP contribution in [0.4, 0.5) is 0 Å². The molecule has 0 aliphatic carbocycles. The molecular weight excluding hydrogens is 276 g/mol. The first-order valence-corrected chi connectivity index (χ1v) is 6.07. The summed E-state index contributed by atoms with van der Waals surface area (Å²) in [5, 5.41) is 0. The third kappa shape index (κ3) is 2.16. The van der Waals surface area contributed by atoms with Crippen LogP contribution < -0.4 is 20.7 Å². The molecule has 0 unspecified atom stereocenters. The van der Waals surface area contributed by atoms with Gasteiger partial charge in [-0.05, 0) is 18.2 Å². The van der Waals surface area contributed by atoms with E-state index in [1.165, 1.54) is 7.11 Å². The van der Waals surface area contributed by atoms with Gasteiger partial charge in [-0.3, -0.25) is 14.8 Å². The van der Waals surface area contributed by atoms with Crippen LogP contribution in [-0.4, -0.2) is 34.2 Å². The van der Waals surface area contributed by atoms with Crippen LogP contribution >= 0.6 is 0 Å². The Bertz CT molecular complexity index is 922. The van der Waals surface area contributed by atoms with Crippen LogP contribution in [0.5, 0.6) is 11.5 Å². The normalized spacial score (nSPS) is 10.8. The quantitative estimate of drug-likeness (QED) is 0.654. The summed E-state index contributed by atoms with van der Waals surface area (Å²) in [6.45, 7) is 0. The fraction of sp³-hybridized carbons (Fsp3) is 0.154. The van der Waals surface area contributed by atoms with Gasteiger partial charge in [-0.15, -0.1) is 0 Å². The molecule has 0 fully saturated rings. The first-order chi connectivity index (χ1) is 10.1. The highest BCUT2D eigenvalue weighted by Gasteiger charge is 2.14. The van der Waals surface area contributed by atoms with Gasteiger partial charge in [-0.25, -0.2) is 9.78 Å². The van der Waals surface area contributed by atoms with Crippen molar-refractivity contribution >= 4 is 11.2 Å². The predicted molar refractivity (Wildman–Crippen MR) is 75.9 cm³/mol. The minimum atomic E-state index is -0.608. The SMILES string of the molecule is COc1ccc(OC)c(-c2nc3[nH]c(=O)[nH]c(=O)c3[nH]2)c1. The molecule has 0 spiro atoms. The fourth-order valence-electron chi connectivity index (χ4n) is 2.06. The van der Waals surface area contributed by atoms with Gasteiger partial charge in [0.15, 0.2) is 5.65 Å². The average Bonchev–Trinajstić information content (AvgIpc) is 2.90. The van der Waals surface area contributed by atoms with Gasteiger partial charge in [0.1, 0.15) is 22.8 Å². The van der Waals surface area contributed by atoms with Crippen LogP contribution in [0.15, 0.2) is 27.8 Å². The van der Waals surface area contributed by atoms with E-state index in [9.17, 15) is 9.59 Å². The minimum absolute atomic E-state index is 0.184. The van der Waals surface area contributed by atoms with Crippen molar-refractivity contribution in [3.63, 3.8) is 0 Å². The molecule has 2 aromatic heterocycles. The first kappa shape index (κ1) is 13.0. The fourth-order valence-corrected chi connectivity index (χ4v) is 2.06. The second-order valence-electron chi connectivity index (χ2n) is 4.28. The van der Waals surface area contributed by atoms with Gasteiger partial charge in [0.25, 0.3) is 5.56 Å². The number of hydrogen-bond donors (Lipinski definition) is 3. The maximum atomic E-state index is 11.7. The molecule has 8 nitrogen and oxygen atoms in total. The molecule has 108 valence electrons. The van der Waals surface area contributed by atoms with Gasteiger partial charge in [0, 0.05) is 0 Å². The van der Waals surface area contributed by atoms with E-state index in [0.717, 1.165) is 0 Å². The number of imidazole rings is 1. The van der Waals surface area contributed by atoms with Crippen molar-refractivity contribution < 1.29 is 9.47 Å². The smallest absolute Gasteiger partial charge is 0.327 e. The minimum Gasteiger partial charge on any atom is -0.497 e. The molecule has 1 aromatic carbocycles. The van der Waals surface area contributed by atoms with E-state index in [1.807, 2.05) is 0 Å². The Morgan fingerprint density at radius 2 is 1.86 bits per heavy atom. The molecule has 2 heterocycles. The van der Waals surface area contributed by atoms with E-state index in [0.29, 0.717) is 22.9 Å². The lowest BCUT2D eigenvalue weighted by molar-refractivity contribution is 0.404. The maximum absolute atomic E-state index is 11.7. The van der Waals surface area contributed by atoms with Gasteiger partial charge >= 0.3 is 5.69 Å². The van der Waals surface area contributed by atoms with Crippen molar-refractivity contribution in [2.24, 2.45) is 0 Å². The zero-order chi connectivity index (χ0) is 15.0. The number of fused-ring (bicyclic) bond motifs is 1. The molecule has 0 saturated heterocycles. The lowest BCUT2D eigenvalue weighted by atomic mass is 10.2. The molecule has 3 aromatic rings. The Morgan fingerprint density at radius 1 is 1.05 bits per heavy atom. The molecule has 0 atom stereocenters. The van der Waals surface area contributed by atoms with Gasteiger partial charge in [0.2, 0.25) is 0 Å². The molecule has 8 heteroatoms. The summed E-state index contributed by atoms with van der Waals surface area (Å²) in [7, 11) is 3.08. The maximum Gasteiger partial charge on any atom is 0.327 e. The molecule has 0 aliphatic heterocycles. The highest BCUT2D eigenvalue weighted by Crippen LogP contribution is 2.31. The summed E-state index contributed by atoms with van der Waals surface area (Å²) < 4.78 is 10.4. The van der Waals surface area contributed by atoms with Crippen molar-refractivity contribution in [2.75, 3.05) is 14.2 Å². The second kappa shape index (κ2) is 4.82. The molecule has 0 aliphatic rings.